The monoisotopic (exact) mass is 532 g/mol. The van der Waals surface area contributed by atoms with Crippen molar-refractivity contribution < 1.29 is 44.9 Å². The molecule has 4 aliphatic rings. The van der Waals surface area contributed by atoms with Crippen LogP contribution in [0.1, 0.15) is 64.4 Å². The third kappa shape index (κ3) is 4.63. The SMILES string of the molecule is [2H]COC(=O)C[C@](O)(CCC(C)(C)O)C(=O)OC1C(OC)=CC23CCCN2CCc2cc4c(cc2[C@H]13)OCO4. The molecule has 1 aliphatic carbocycles. The maximum absolute atomic E-state index is 13.7. The molecular weight excluding hydrogens is 494 g/mol. The van der Waals surface area contributed by atoms with E-state index in [-0.39, 0.29) is 25.6 Å². The molecular formula is C28H37NO9. The Morgan fingerprint density at radius 2 is 1.97 bits per heavy atom. The Bertz CT molecular complexity index is 1160. The van der Waals surface area contributed by atoms with Gasteiger partial charge in [0, 0.05) is 6.54 Å². The minimum Gasteiger partial charge on any atom is -0.497 e. The Hall–Kier alpha value is -2.82. The Kier molecular flexibility index (Phi) is 6.52. The molecule has 2 N–H and O–H groups in total. The third-order valence-corrected chi connectivity index (χ3v) is 8.33. The van der Waals surface area contributed by atoms with Gasteiger partial charge in [0.15, 0.2) is 23.2 Å². The normalized spacial score (nSPS) is 27.7. The summed E-state index contributed by atoms with van der Waals surface area (Å²) in [4.78, 5) is 28.4. The number of fused-ring (bicyclic) bond motifs is 3. The van der Waals surface area contributed by atoms with E-state index in [2.05, 4.69) is 4.90 Å². The largest absolute Gasteiger partial charge is 0.497 e. The first kappa shape index (κ1) is 25.5. The van der Waals surface area contributed by atoms with Gasteiger partial charge in [-0.25, -0.2) is 4.79 Å². The van der Waals surface area contributed by atoms with Crippen LogP contribution in [-0.4, -0.2) is 84.0 Å². The summed E-state index contributed by atoms with van der Waals surface area (Å²) in [6, 6.07) is 3.96. The van der Waals surface area contributed by atoms with Gasteiger partial charge in [-0.15, -0.1) is 0 Å². The smallest absolute Gasteiger partial charge is 0.339 e. The summed E-state index contributed by atoms with van der Waals surface area (Å²) in [5, 5.41) is 21.7. The first-order valence-corrected chi connectivity index (χ1v) is 13.0. The van der Waals surface area contributed by atoms with Gasteiger partial charge in [-0.1, -0.05) is 0 Å². The number of nitrogens with zero attached hydrogens (tertiary/aromatic N) is 1. The molecule has 1 saturated heterocycles. The Labute approximate surface area is 223 Å². The van der Waals surface area contributed by atoms with Gasteiger partial charge in [0.1, 0.15) is 5.76 Å². The van der Waals surface area contributed by atoms with Gasteiger partial charge in [0.05, 0.1) is 39.0 Å². The second-order valence-corrected chi connectivity index (χ2v) is 11.3. The average Bonchev–Trinajstić information content (AvgIpc) is 3.56. The Balaban J connectivity index is 1.52. The maximum Gasteiger partial charge on any atom is 0.339 e. The van der Waals surface area contributed by atoms with Crippen LogP contribution in [0.4, 0.5) is 0 Å². The van der Waals surface area contributed by atoms with Crippen LogP contribution in [-0.2, 0) is 30.2 Å². The van der Waals surface area contributed by atoms with E-state index in [1.807, 2.05) is 18.2 Å². The summed E-state index contributed by atoms with van der Waals surface area (Å²) in [7, 11) is 0.891. The van der Waals surface area contributed by atoms with Crippen molar-refractivity contribution in [1.29, 1.82) is 0 Å². The molecule has 10 heteroatoms. The van der Waals surface area contributed by atoms with E-state index in [1.54, 1.807) is 13.8 Å². The van der Waals surface area contributed by atoms with Crippen molar-refractivity contribution in [3.05, 3.63) is 35.1 Å². The summed E-state index contributed by atoms with van der Waals surface area (Å²) < 4.78 is 35.1. The highest BCUT2D eigenvalue weighted by molar-refractivity contribution is 5.86. The Morgan fingerprint density at radius 1 is 1.21 bits per heavy atom. The van der Waals surface area contributed by atoms with Crippen LogP contribution in [0.25, 0.3) is 0 Å². The molecule has 10 nitrogen and oxygen atoms in total. The number of rotatable bonds is 8. The van der Waals surface area contributed by atoms with Gasteiger partial charge in [0.25, 0.3) is 0 Å². The van der Waals surface area contributed by atoms with E-state index < -0.39 is 48.3 Å². The van der Waals surface area contributed by atoms with Crippen LogP contribution in [0, 0.1) is 0 Å². The highest BCUT2D eigenvalue weighted by Crippen LogP contribution is 2.55. The minimum absolute atomic E-state index is 0.0256. The summed E-state index contributed by atoms with van der Waals surface area (Å²) in [6.07, 6.45) is 2.86. The summed E-state index contributed by atoms with van der Waals surface area (Å²) in [5.74, 6) is -0.458. The van der Waals surface area contributed by atoms with Crippen LogP contribution < -0.4 is 9.47 Å². The number of hydrogen-bond acceptors (Lipinski definition) is 10. The molecule has 0 bridgehead atoms. The molecule has 1 fully saturated rings. The number of benzene rings is 1. The van der Waals surface area contributed by atoms with Gasteiger partial charge < -0.3 is 33.9 Å². The van der Waals surface area contributed by atoms with Crippen molar-refractivity contribution >= 4 is 11.9 Å². The quantitative estimate of drug-likeness (QED) is 0.482. The van der Waals surface area contributed by atoms with E-state index in [1.165, 1.54) is 7.11 Å². The second kappa shape index (κ2) is 9.73. The molecule has 0 amide bonds. The fourth-order valence-corrected chi connectivity index (χ4v) is 6.38. The topological polar surface area (TPSA) is 124 Å². The standard InChI is InChI=1S/C28H37NO9/c1-26(2,32)8-9-28(33,15-22(30)35-4)25(31)38-24-21(34-3)14-27-7-5-10-29(27)11-6-17-12-19-20(37-16-36-19)13-18(17)23(24)27/h12-14,23-24,32-33H,5-11,15-16H2,1-4H3/t23-,24?,27?,28-/m1/s1/i4D. The maximum atomic E-state index is 13.7. The number of aliphatic hydroxyl groups is 2. The molecule has 1 spiro atoms. The van der Waals surface area contributed by atoms with E-state index in [0.717, 1.165) is 43.5 Å². The molecule has 5 rings (SSSR count). The third-order valence-electron chi connectivity index (χ3n) is 8.33. The fraction of sp³-hybridized carbons (Fsp3) is 0.643. The lowest BCUT2D eigenvalue weighted by Crippen LogP contribution is -2.49. The van der Waals surface area contributed by atoms with E-state index >= 15 is 0 Å². The fourth-order valence-electron chi connectivity index (χ4n) is 6.38. The molecule has 0 saturated carbocycles. The number of esters is 2. The molecule has 1 aromatic carbocycles. The van der Waals surface area contributed by atoms with Gasteiger partial charge in [-0.05, 0) is 81.8 Å². The zero-order valence-electron chi connectivity index (χ0n) is 23.2. The molecule has 208 valence electrons. The van der Waals surface area contributed by atoms with Crippen LogP contribution in [0.5, 0.6) is 11.5 Å². The molecule has 3 aliphatic heterocycles. The Morgan fingerprint density at radius 3 is 2.68 bits per heavy atom. The molecule has 1 aromatic rings. The molecule has 0 aromatic heterocycles. The van der Waals surface area contributed by atoms with Crippen LogP contribution >= 0.6 is 0 Å². The highest BCUT2D eigenvalue weighted by Gasteiger charge is 2.59. The number of methoxy groups -OCH3 is 2. The molecule has 4 atom stereocenters. The van der Waals surface area contributed by atoms with Crippen molar-refractivity contribution in [3.8, 4) is 11.5 Å². The molecule has 3 heterocycles. The number of carbonyl (C=O) groups is 2. The van der Waals surface area contributed by atoms with Crippen molar-refractivity contribution in [2.75, 3.05) is 34.1 Å². The molecule has 38 heavy (non-hydrogen) atoms. The van der Waals surface area contributed by atoms with Gasteiger partial charge in [0.2, 0.25) is 6.79 Å². The number of ether oxygens (including phenoxy) is 5. The van der Waals surface area contributed by atoms with Crippen molar-refractivity contribution in [3.63, 3.8) is 0 Å². The predicted octanol–water partition coefficient (Wildman–Crippen LogP) is 2.19. The van der Waals surface area contributed by atoms with Crippen molar-refractivity contribution in [2.24, 2.45) is 0 Å². The lowest BCUT2D eigenvalue weighted by atomic mass is 9.77. The van der Waals surface area contributed by atoms with E-state index in [0.29, 0.717) is 17.3 Å². The molecule has 0 radical (unpaired) electrons. The van der Waals surface area contributed by atoms with Gasteiger partial charge >= 0.3 is 11.9 Å². The minimum atomic E-state index is -2.27. The lowest BCUT2D eigenvalue weighted by molar-refractivity contribution is -0.179. The zero-order valence-corrected chi connectivity index (χ0v) is 22.2. The average molecular weight is 533 g/mol. The van der Waals surface area contributed by atoms with E-state index in [9.17, 15) is 19.8 Å². The van der Waals surface area contributed by atoms with Crippen LogP contribution in [0.3, 0.4) is 0 Å². The highest BCUT2D eigenvalue weighted by atomic mass is 16.7. The summed E-state index contributed by atoms with van der Waals surface area (Å²) >= 11 is 0. The van der Waals surface area contributed by atoms with E-state index in [4.69, 9.17) is 25.1 Å². The van der Waals surface area contributed by atoms with Crippen LogP contribution in [0.15, 0.2) is 24.0 Å². The van der Waals surface area contributed by atoms with Gasteiger partial charge in [-0.3, -0.25) is 9.69 Å². The van der Waals surface area contributed by atoms with Gasteiger partial charge in [-0.2, -0.15) is 0 Å². The summed E-state index contributed by atoms with van der Waals surface area (Å²) in [6.45, 7) is 4.94. The van der Waals surface area contributed by atoms with Crippen molar-refractivity contribution in [2.45, 2.75) is 81.1 Å². The first-order valence-electron chi connectivity index (χ1n) is 13.8. The van der Waals surface area contributed by atoms with Crippen molar-refractivity contribution in [1.82, 2.24) is 4.90 Å². The predicted molar refractivity (Wildman–Crippen MR) is 135 cm³/mol. The second-order valence-electron chi connectivity index (χ2n) is 11.3. The molecule has 2 unspecified atom stereocenters. The lowest BCUT2D eigenvalue weighted by Gasteiger charge is -2.39. The number of hydrogen-bond donors (Lipinski definition) is 2. The zero-order chi connectivity index (χ0) is 28.0. The number of carbonyl (C=O) groups excluding carboxylic acids is 2. The summed E-state index contributed by atoms with van der Waals surface area (Å²) in [5.41, 5.74) is -1.88. The van der Waals surface area contributed by atoms with Crippen LogP contribution in [0.2, 0.25) is 0 Å². The first-order chi connectivity index (χ1) is 18.5.